The highest BCUT2D eigenvalue weighted by molar-refractivity contribution is 7.19. The van der Waals surface area contributed by atoms with E-state index >= 15 is 0 Å². The van der Waals surface area contributed by atoms with Gasteiger partial charge in [0.15, 0.2) is 5.60 Å². The SMILES string of the molecule is CN(C)C1(c2ccccn2)CCC2(CC1)OCCc1c2sc2ccccc12.O=C(O)CC(O)(CC(=O)O)C(=O)O. The Morgan fingerprint density at radius 1 is 0.975 bits per heavy atom. The number of aliphatic carboxylic acids is 3. The summed E-state index contributed by atoms with van der Waals surface area (Å²) in [7, 11) is 4.39. The maximum Gasteiger partial charge on any atom is 0.336 e. The summed E-state index contributed by atoms with van der Waals surface area (Å²) in [5.41, 5.74) is -0.109. The number of fused-ring (bicyclic) bond motifs is 4. The fourth-order valence-electron chi connectivity index (χ4n) is 5.85. The summed E-state index contributed by atoms with van der Waals surface area (Å²) in [5, 5.41) is 35.3. The maximum atomic E-state index is 10.3. The Morgan fingerprint density at radius 3 is 2.15 bits per heavy atom. The second-order valence-corrected chi connectivity index (χ2v) is 11.7. The summed E-state index contributed by atoms with van der Waals surface area (Å²) in [6.07, 6.45) is 4.94. The number of hydrogen-bond acceptors (Lipinski definition) is 8. The molecule has 5 rings (SSSR count). The zero-order valence-corrected chi connectivity index (χ0v) is 23.3. The van der Waals surface area contributed by atoms with Gasteiger partial charge in [0.2, 0.25) is 0 Å². The third kappa shape index (κ3) is 5.73. The van der Waals surface area contributed by atoms with Crippen LogP contribution >= 0.6 is 11.3 Å². The van der Waals surface area contributed by atoms with Gasteiger partial charge in [-0.05, 0) is 75.3 Å². The van der Waals surface area contributed by atoms with Gasteiger partial charge in [0.05, 0.1) is 30.7 Å². The standard InChI is InChI=1S/C23H26N2OS.C6H8O7/c1-25(2)22(20-9-5-6-15-24-20)11-13-23(14-12-22)21-18(10-16-26-23)17-7-3-4-8-19(17)27-21;7-3(8)1-6(13,5(11)12)2-4(9)10/h3-9,15H,10-14,16H2,1-2H3;13H,1-2H2,(H,7,8)(H,9,10)(H,11,12). The second-order valence-electron chi connectivity index (χ2n) is 10.6. The van der Waals surface area contributed by atoms with Gasteiger partial charge >= 0.3 is 17.9 Å². The number of aromatic nitrogens is 1. The van der Waals surface area contributed by atoms with E-state index in [2.05, 4.69) is 55.4 Å². The molecule has 1 aromatic carbocycles. The lowest BCUT2D eigenvalue weighted by atomic mass is 9.69. The number of nitrogens with zero attached hydrogens (tertiary/aromatic N) is 2. The average molecular weight is 571 g/mol. The number of rotatable bonds is 7. The minimum atomic E-state index is -2.74. The zero-order valence-electron chi connectivity index (χ0n) is 22.5. The van der Waals surface area contributed by atoms with E-state index in [0.717, 1.165) is 38.7 Å². The summed E-state index contributed by atoms with van der Waals surface area (Å²) in [6.45, 7) is 0.840. The van der Waals surface area contributed by atoms with Crippen LogP contribution < -0.4 is 0 Å². The first-order valence-corrected chi connectivity index (χ1v) is 13.9. The highest BCUT2D eigenvalue weighted by Crippen LogP contribution is 2.54. The van der Waals surface area contributed by atoms with Crippen molar-refractivity contribution in [2.45, 2.75) is 61.7 Å². The van der Waals surface area contributed by atoms with E-state index in [9.17, 15) is 14.4 Å². The molecule has 1 fully saturated rings. The number of carboxylic acid groups (broad SMARTS) is 3. The summed E-state index contributed by atoms with van der Waals surface area (Å²) in [4.78, 5) is 39.1. The van der Waals surface area contributed by atoms with Crippen LogP contribution in [-0.2, 0) is 36.7 Å². The van der Waals surface area contributed by atoms with Gasteiger partial charge in [-0.25, -0.2) is 4.79 Å². The molecule has 1 spiro atoms. The van der Waals surface area contributed by atoms with Gasteiger partial charge < -0.3 is 25.2 Å². The van der Waals surface area contributed by atoms with Crippen molar-refractivity contribution < 1.29 is 39.5 Å². The predicted molar refractivity (Wildman–Crippen MR) is 148 cm³/mol. The van der Waals surface area contributed by atoms with Gasteiger partial charge in [-0.3, -0.25) is 19.5 Å². The molecule has 2 aliphatic rings. The van der Waals surface area contributed by atoms with Crippen LogP contribution in [0.3, 0.4) is 0 Å². The smallest absolute Gasteiger partial charge is 0.336 e. The molecule has 1 saturated carbocycles. The van der Waals surface area contributed by atoms with E-state index in [-0.39, 0.29) is 11.1 Å². The highest BCUT2D eigenvalue weighted by Gasteiger charge is 2.50. The molecule has 214 valence electrons. The number of carboxylic acids is 3. The monoisotopic (exact) mass is 570 g/mol. The van der Waals surface area contributed by atoms with Crippen molar-refractivity contribution >= 4 is 39.3 Å². The topological polar surface area (TPSA) is 157 Å². The zero-order chi connectivity index (χ0) is 29.1. The molecular weight excluding hydrogens is 536 g/mol. The maximum absolute atomic E-state index is 10.3. The molecule has 40 heavy (non-hydrogen) atoms. The molecule has 0 atom stereocenters. The van der Waals surface area contributed by atoms with E-state index in [0.29, 0.717) is 0 Å². The third-order valence-corrected chi connectivity index (χ3v) is 9.41. The first-order valence-electron chi connectivity index (χ1n) is 13.1. The largest absolute Gasteiger partial charge is 0.481 e. The number of carbonyl (C=O) groups is 3. The molecule has 0 bridgehead atoms. The molecule has 11 heteroatoms. The van der Waals surface area contributed by atoms with Gasteiger partial charge in [-0.1, -0.05) is 24.3 Å². The minimum absolute atomic E-state index is 0.00413. The van der Waals surface area contributed by atoms with E-state index in [4.69, 9.17) is 30.1 Å². The van der Waals surface area contributed by atoms with Gasteiger partial charge in [-0.15, -0.1) is 11.3 Å². The normalized spacial score (nSPS) is 22.4. The van der Waals surface area contributed by atoms with Crippen LogP contribution in [0.15, 0.2) is 48.7 Å². The molecule has 10 nitrogen and oxygen atoms in total. The molecule has 1 aliphatic heterocycles. The Balaban J connectivity index is 0.000000243. The Labute approximate surface area is 235 Å². The molecule has 0 saturated heterocycles. The fraction of sp³-hybridized carbons (Fsp3) is 0.448. The number of hydrogen-bond donors (Lipinski definition) is 4. The van der Waals surface area contributed by atoms with Crippen LogP contribution in [0.4, 0.5) is 0 Å². The Kier molecular flexibility index (Phi) is 8.60. The van der Waals surface area contributed by atoms with Gasteiger partial charge in [-0.2, -0.15) is 0 Å². The average Bonchev–Trinajstić information content (AvgIpc) is 3.29. The van der Waals surface area contributed by atoms with E-state index in [1.807, 2.05) is 23.6 Å². The fourth-order valence-corrected chi connectivity index (χ4v) is 7.30. The molecule has 4 N–H and O–H groups in total. The molecule has 3 aromatic rings. The summed E-state index contributed by atoms with van der Waals surface area (Å²) in [5.74, 6) is -5.02. The van der Waals surface area contributed by atoms with E-state index in [1.54, 1.807) is 0 Å². The second kappa shape index (κ2) is 11.6. The molecular formula is C29H34N2O8S. The predicted octanol–water partition coefficient (Wildman–Crippen LogP) is 3.85. The van der Waals surface area contributed by atoms with Crippen LogP contribution in [0, 0.1) is 0 Å². The van der Waals surface area contributed by atoms with Crippen molar-refractivity contribution in [2.75, 3.05) is 20.7 Å². The van der Waals surface area contributed by atoms with Crippen molar-refractivity contribution in [3.05, 3.63) is 64.8 Å². The number of benzene rings is 1. The Hall–Kier alpha value is -3.38. The van der Waals surface area contributed by atoms with Gasteiger partial charge in [0.25, 0.3) is 0 Å². The summed E-state index contributed by atoms with van der Waals surface area (Å²) < 4.78 is 7.95. The molecule has 0 radical (unpaired) electrons. The molecule has 1 aliphatic carbocycles. The lowest BCUT2D eigenvalue weighted by Gasteiger charge is -2.50. The van der Waals surface area contributed by atoms with Crippen molar-refractivity contribution in [3.8, 4) is 0 Å². The number of pyridine rings is 1. The number of aliphatic hydroxyl groups is 1. The van der Waals surface area contributed by atoms with E-state index in [1.165, 1.54) is 26.2 Å². The van der Waals surface area contributed by atoms with Gasteiger partial charge in [0, 0.05) is 15.8 Å². The number of thiophene rings is 1. The van der Waals surface area contributed by atoms with Crippen LogP contribution in [0.2, 0.25) is 0 Å². The van der Waals surface area contributed by atoms with Crippen molar-refractivity contribution in [1.82, 2.24) is 9.88 Å². The minimum Gasteiger partial charge on any atom is -0.481 e. The molecule has 2 aromatic heterocycles. The van der Waals surface area contributed by atoms with Crippen molar-refractivity contribution in [3.63, 3.8) is 0 Å². The van der Waals surface area contributed by atoms with Gasteiger partial charge in [0.1, 0.15) is 5.60 Å². The van der Waals surface area contributed by atoms with Crippen LogP contribution in [0.1, 0.15) is 54.7 Å². The quantitative estimate of drug-likeness (QED) is 0.329. The first kappa shape index (κ1) is 29.6. The van der Waals surface area contributed by atoms with Crippen molar-refractivity contribution in [1.29, 1.82) is 0 Å². The lowest BCUT2D eigenvalue weighted by molar-refractivity contribution is -0.170. The summed E-state index contributed by atoms with van der Waals surface area (Å²) >= 11 is 1.96. The molecule has 3 heterocycles. The van der Waals surface area contributed by atoms with Crippen LogP contribution in [0.5, 0.6) is 0 Å². The third-order valence-electron chi connectivity index (χ3n) is 8.01. The Morgan fingerprint density at radius 2 is 1.60 bits per heavy atom. The lowest BCUT2D eigenvalue weighted by Crippen LogP contribution is -2.50. The van der Waals surface area contributed by atoms with E-state index < -0.39 is 36.4 Å². The summed E-state index contributed by atoms with van der Waals surface area (Å²) in [6, 6.07) is 15.2. The number of ether oxygens (including phenoxy) is 1. The van der Waals surface area contributed by atoms with Crippen molar-refractivity contribution in [2.24, 2.45) is 0 Å². The molecule has 0 unspecified atom stereocenters. The van der Waals surface area contributed by atoms with Crippen LogP contribution in [-0.4, -0.2) is 74.5 Å². The molecule has 0 amide bonds. The highest BCUT2D eigenvalue weighted by atomic mass is 32.1. The first-order chi connectivity index (χ1) is 18.9. The van der Waals surface area contributed by atoms with Crippen LogP contribution in [0.25, 0.3) is 10.1 Å². The Bertz CT molecular complexity index is 1360.